The first-order valence-corrected chi connectivity index (χ1v) is 8.23. The molecular formula is C16H21BrN2O. The van der Waals surface area contributed by atoms with E-state index in [4.69, 9.17) is 0 Å². The molecule has 108 valence electrons. The van der Waals surface area contributed by atoms with Gasteiger partial charge in [0, 0.05) is 23.1 Å². The van der Waals surface area contributed by atoms with Gasteiger partial charge in [-0.15, -0.1) is 0 Å². The minimum atomic E-state index is 0.181. The van der Waals surface area contributed by atoms with Crippen LogP contribution in [0.25, 0.3) is 0 Å². The average Bonchev–Trinajstić information content (AvgIpc) is 3.06. The molecule has 2 heterocycles. The van der Waals surface area contributed by atoms with Gasteiger partial charge in [-0.3, -0.25) is 4.79 Å². The van der Waals surface area contributed by atoms with Crippen molar-refractivity contribution in [2.75, 3.05) is 20.1 Å². The fraction of sp³-hybridized carbons (Fsp3) is 0.562. The third-order valence-electron chi connectivity index (χ3n) is 4.69. The van der Waals surface area contributed by atoms with Crippen LogP contribution in [0.1, 0.15) is 36.0 Å². The third-order valence-corrected chi connectivity index (χ3v) is 5.38. The first-order chi connectivity index (χ1) is 9.68. The largest absolute Gasteiger partial charge is 0.334 e. The summed E-state index contributed by atoms with van der Waals surface area (Å²) in [6.45, 7) is 2.06. The summed E-state index contributed by atoms with van der Waals surface area (Å²) < 4.78 is 0.899. The number of likely N-dealkylation sites (N-methyl/N-ethyl adjacent to an activating group) is 1. The molecule has 2 atom stereocenters. The lowest BCUT2D eigenvalue weighted by Crippen LogP contribution is -2.47. The van der Waals surface area contributed by atoms with Gasteiger partial charge in [0.25, 0.3) is 5.91 Å². The van der Waals surface area contributed by atoms with Gasteiger partial charge >= 0.3 is 0 Å². The second kappa shape index (κ2) is 5.86. The highest BCUT2D eigenvalue weighted by atomic mass is 79.9. The number of likely N-dealkylation sites (tertiary alicyclic amines) is 2. The smallest absolute Gasteiger partial charge is 0.255 e. The van der Waals surface area contributed by atoms with E-state index in [0.717, 1.165) is 36.0 Å². The van der Waals surface area contributed by atoms with E-state index in [2.05, 4.69) is 32.8 Å². The van der Waals surface area contributed by atoms with Gasteiger partial charge in [-0.1, -0.05) is 12.1 Å². The zero-order valence-electron chi connectivity index (χ0n) is 11.9. The predicted octanol–water partition coefficient (Wildman–Crippen LogP) is 3.15. The van der Waals surface area contributed by atoms with Crippen molar-refractivity contribution in [3.63, 3.8) is 0 Å². The Morgan fingerprint density at radius 3 is 2.55 bits per heavy atom. The molecule has 2 fully saturated rings. The minimum Gasteiger partial charge on any atom is -0.334 e. The number of carbonyl (C=O) groups excluding carboxylic acids is 1. The summed E-state index contributed by atoms with van der Waals surface area (Å²) in [5.74, 6) is 0.181. The van der Waals surface area contributed by atoms with Crippen molar-refractivity contribution in [1.29, 1.82) is 0 Å². The average molecular weight is 337 g/mol. The molecule has 0 spiro atoms. The molecule has 1 aromatic rings. The molecule has 0 radical (unpaired) electrons. The summed E-state index contributed by atoms with van der Waals surface area (Å²) >= 11 is 3.50. The zero-order valence-corrected chi connectivity index (χ0v) is 13.5. The van der Waals surface area contributed by atoms with Crippen LogP contribution in [0.5, 0.6) is 0 Å². The standard InChI is InChI=1S/C16H21BrN2O/c1-18-10-4-8-14(18)15-9-5-11-19(15)16(20)12-6-2-3-7-13(12)17/h2-3,6-7,14-15H,4-5,8-11H2,1H3/t14-,15+/m0/s1. The summed E-state index contributed by atoms with van der Waals surface area (Å²) in [7, 11) is 2.19. The normalized spacial score (nSPS) is 27.2. The van der Waals surface area contributed by atoms with Gasteiger partial charge in [0.1, 0.15) is 0 Å². The van der Waals surface area contributed by atoms with Crippen molar-refractivity contribution in [1.82, 2.24) is 9.80 Å². The number of hydrogen-bond acceptors (Lipinski definition) is 2. The van der Waals surface area contributed by atoms with Crippen LogP contribution in [0, 0.1) is 0 Å². The van der Waals surface area contributed by atoms with Crippen LogP contribution in [0.15, 0.2) is 28.7 Å². The van der Waals surface area contributed by atoms with E-state index in [-0.39, 0.29) is 5.91 Å². The van der Waals surface area contributed by atoms with Crippen molar-refractivity contribution in [3.8, 4) is 0 Å². The Hall–Kier alpha value is -0.870. The molecule has 0 aliphatic carbocycles. The van der Waals surface area contributed by atoms with Crippen molar-refractivity contribution in [3.05, 3.63) is 34.3 Å². The summed E-state index contributed by atoms with van der Waals surface area (Å²) in [4.78, 5) is 17.3. The Labute approximate surface area is 129 Å². The number of rotatable bonds is 2. The molecule has 2 saturated heterocycles. The molecule has 4 heteroatoms. The Bertz CT molecular complexity index is 505. The molecule has 3 rings (SSSR count). The van der Waals surface area contributed by atoms with Gasteiger partial charge in [0.05, 0.1) is 5.56 Å². The van der Waals surface area contributed by atoms with E-state index in [0.29, 0.717) is 12.1 Å². The molecule has 20 heavy (non-hydrogen) atoms. The van der Waals surface area contributed by atoms with Crippen LogP contribution in [0.4, 0.5) is 0 Å². The number of nitrogens with zero attached hydrogens (tertiary/aromatic N) is 2. The van der Waals surface area contributed by atoms with Crippen LogP contribution in [0.2, 0.25) is 0 Å². The van der Waals surface area contributed by atoms with E-state index in [9.17, 15) is 4.79 Å². The number of carbonyl (C=O) groups is 1. The topological polar surface area (TPSA) is 23.6 Å². The van der Waals surface area contributed by atoms with Crippen LogP contribution in [-0.4, -0.2) is 47.9 Å². The molecule has 0 bridgehead atoms. The maximum absolute atomic E-state index is 12.8. The van der Waals surface area contributed by atoms with Crippen LogP contribution in [0.3, 0.4) is 0 Å². The number of amides is 1. The van der Waals surface area contributed by atoms with Crippen LogP contribution >= 0.6 is 15.9 Å². The number of halogens is 1. The third kappa shape index (κ3) is 2.51. The fourth-order valence-corrected chi connectivity index (χ4v) is 4.11. The molecule has 3 nitrogen and oxygen atoms in total. The SMILES string of the molecule is CN1CCC[C@H]1[C@H]1CCCN1C(=O)c1ccccc1Br. The Morgan fingerprint density at radius 2 is 1.85 bits per heavy atom. The summed E-state index contributed by atoms with van der Waals surface area (Å²) in [6, 6.07) is 8.68. The van der Waals surface area contributed by atoms with E-state index in [1.165, 1.54) is 12.8 Å². The van der Waals surface area contributed by atoms with Gasteiger partial charge in [-0.05, 0) is 67.3 Å². The van der Waals surface area contributed by atoms with Gasteiger partial charge < -0.3 is 9.80 Å². The molecule has 2 aliphatic rings. The zero-order chi connectivity index (χ0) is 14.1. The molecule has 0 saturated carbocycles. The van der Waals surface area contributed by atoms with Gasteiger partial charge in [0.2, 0.25) is 0 Å². The lowest BCUT2D eigenvalue weighted by Gasteiger charge is -2.33. The second-order valence-corrected chi connectivity index (χ2v) is 6.73. The molecule has 0 aromatic heterocycles. The van der Waals surface area contributed by atoms with Gasteiger partial charge in [-0.2, -0.15) is 0 Å². The maximum Gasteiger partial charge on any atom is 0.255 e. The Balaban J connectivity index is 1.82. The monoisotopic (exact) mass is 336 g/mol. The maximum atomic E-state index is 12.8. The number of benzene rings is 1. The quantitative estimate of drug-likeness (QED) is 0.828. The molecule has 1 amide bonds. The summed E-state index contributed by atoms with van der Waals surface area (Å²) in [5.41, 5.74) is 0.792. The summed E-state index contributed by atoms with van der Waals surface area (Å²) in [5, 5.41) is 0. The molecule has 0 N–H and O–H groups in total. The van der Waals surface area contributed by atoms with E-state index < -0.39 is 0 Å². The highest BCUT2D eigenvalue weighted by Gasteiger charge is 2.38. The number of hydrogen-bond donors (Lipinski definition) is 0. The van der Waals surface area contributed by atoms with Gasteiger partial charge in [0.15, 0.2) is 0 Å². The lowest BCUT2D eigenvalue weighted by atomic mass is 10.0. The molecule has 1 aromatic carbocycles. The minimum absolute atomic E-state index is 0.181. The van der Waals surface area contributed by atoms with Gasteiger partial charge in [-0.25, -0.2) is 0 Å². The van der Waals surface area contributed by atoms with E-state index in [1.54, 1.807) is 0 Å². The Morgan fingerprint density at radius 1 is 1.15 bits per heavy atom. The highest BCUT2D eigenvalue weighted by Crippen LogP contribution is 2.31. The summed E-state index contributed by atoms with van der Waals surface area (Å²) in [6.07, 6.45) is 4.76. The van der Waals surface area contributed by atoms with Crippen molar-refractivity contribution in [2.45, 2.75) is 37.8 Å². The van der Waals surface area contributed by atoms with Crippen LogP contribution in [-0.2, 0) is 0 Å². The van der Waals surface area contributed by atoms with Crippen molar-refractivity contribution in [2.24, 2.45) is 0 Å². The Kier molecular flexibility index (Phi) is 4.13. The predicted molar refractivity (Wildman–Crippen MR) is 83.9 cm³/mol. The first-order valence-electron chi connectivity index (χ1n) is 7.44. The second-order valence-electron chi connectivity index (χ2n) is 5.88. The lowest BCUT2D eigenvalue weighted by molar-refractivity contribution is 0.0663. The molecular weight excluding hydrogens is 316 g/mol. The van der Waals surface area contributed by atoms with Crippen molar-refractivity contribution < 1.29 is 4.79 Å². The highest BCUT2D eigenvalue weighted by molar-refractivity contribution is 9.10. The van der Waals surface area contributed by atoms with E-state index in [1.807, 2.05) is 24.3 Å². The van der Waals surface area contributed by atoms with E-state index >= 15 is 0 Å². The fourth-order valence-electron chi connectivity index (χ4n) is 3.66. The van der Waals surface area contributed by atoms with Crippen LogP contribution < -0.4 is 0 Å². The molecule has 0 unspecified atom stereocenters. The molecule has 2 aliphatic heterocycles. The first kappa shape index (κ1) is 14.1. The van der Waals surface area contributed by atoms with Crippen molar-refractivity contribution >= 4 is 21.8 Å².